The number of Topliss-reactive ketones (excluding diaryl/α,β-unsaturated/α-hetero) is 1. The van der Waals surface area contributed by atoms with Crippen molar-refractivity contribution in [2.45, 2.75) is 19.4 Å². The number of amides is 2. The van der Waals surface area contributed by atoms with Crippen LogP contribution >= 0.6 is 0 Å². The molecule has 3 heterocycles. The SMILES string of the molecule is COc1ccc(OCC(=O)c2ccc3c(c2)N(Cc2nc(C(=O)N4CCCC4)co2)C(=O)CO3)cc1. The van der Waals surface area contributed by atoms with Gasteiger partial charge in [-0.05, 0) is 55.3 Å². The predicted molar refractivity (Wildman–Crippen MR) is 128 cm³/mol. The van der Waals surface area contributed by atoms with Crippen LogP contribution in [0.4, 0.5) is 5.69 Å². The second-order valence-electron chi connectivity index (χ2n) is 8.46. The smallest absolute Gasteiger partial charge is 0.275 e. The van der Waals surface area contributed by atoms with Crippen molar-refractivity contribution in [1.82, 2.24) is 9.88 Å². The molecule has 186 valence electrons. The summed E-state index contributed by atoms with van der Waals surface area (Å²) in [6.07, 6.45) is 3.27. The van der Waals surface area contributed by atoms with Crippen LogP contribution in [0, 0.1) is 0 Å². The van der Waals surface area contributed by atoms with Crippen LogP contribution in [-0.2, 0) is 11.3 Å². The standard InChI is InChI=1S/C26H25N3O7/c1-33-18-5-7-19(8-6-18)34-15-22(30)17-4-9-23-21(12-17)29(25(31)16-35-23)13-24-27-20(14-36-24)26(32)28-10-2-3-11-28/h4-9,12,14H,2-3,10-11,13,15-16H2,1H3. The highest BCUT2D eigenvalue weighted by Crippen LogP contribution is 2.34. The zero-order valence-corrected chi connectivity index (χ0v) is 19.8. The third kappa shape index (κ3) is 4.88. The molecule has 10 nitrogen and oxygen atoms in total. The molecule has 2 aliphatic rings. The topological polar surface area (TPSA) is 111 Å². The number of hydrogen-bond acceptors (Lipinski definition) is 8. The molecule has 0 bridgehead atoms. The second kappa shape index (κ2) is 10.1. The van der Waals surface area contributed by atoms with E-state index in [1.54, 1.807) is 54.5 Å². The van der Waals surface area contributed by atoms with Crippen LogP contribution in [-0.4, -0.2) is 60.9 Å². The van der Waals surface area contributed by atoms with Gasteiger partial charge in [0.25, 0.3) is 11.8 Å². The lowest BCUT2D eigenvalue weighted by Gasteiger charge is -2.28. The molecule has 1 saturated heterocycles. The molecule has 0 radical (unpaired) electrons. The number of carbonyl (C=O) groups excluding carboxylic acids is 3. The van der Waals surface area contributed by atoms with Gasteiger partial charge < -0.3 is 23.5 Å². The zero-order chi connectivity index (χ0) is 25.1. The molecule has 36 heavy (non-hydrogen) atoms. The summed E-state index contributed by atoms with van der Waals surface area (Å²) in [5.41, 5.74) is 1.00. The fraction of sp³-hybridized carbons (Fsp3) is 0.308. The van der Waals surface area contributed by atoms with E-state index in [2.05, 4.69) is 4.98 Å². The van der Waals surface area contributed by atoms with Gasteiger partial charge in [0.15, 0.2) is 24.7 Å². The van der Waals surface area contributed by atoms with Crippen LogP contribution in [0.15, 0.2) is 53.1 Å². The molecule has 1 fully saturated rings. The van der Waals surface area contributed by atoms with Gasteiger partial charge in [-0.3, -0.25) is 19.3 Å². The van der Waals surface area contributed by atoms with Crippen molar-refractivity contribution in [3.05, 3.63) is 65.9 Å². The highest BCUT2D eigenvalue weighted by Gasteiger charge is 2.29. The van der Waals surface area contributed by atoms with E-state index in [9.17, 15) is 14.4 Å². The van der Waals surface area contributed by atoms with Crippen molar-refractivity contribution in [3.63, 3.8) is 0 Å². The van der Waals surface area contributed by atoms with Gasteiger partial charge in [-0.15, -0.1) is 0 Å². The third-order valence-electron chi connectivity index (χ3n) is 6.11. The lowest BCUT2D eigenvalue weighted by atomic mass is 10.1. The van der Waals surface area contributed by atoms with Gasteiger partial charge in [-0.25, -0.2) is 4.98 Å². The maximum absolute atomic E-state index is 12.8. The first-order valence-corrected chi connectivity index (χ1v) is 11.6. The Morgan fingerprint density at radius 2 is 1.81 bits per heavy atom. The molecule has 5 rings (SSSR count). The normalized spacial score (nSPS) is 14.9. The number of likely N-dealkylation sites (tertiary alicyclic amines) is 1. The van der Waals surface area contributed by atoms with Crippen LogP contribution in [0.3, 0.4) is 0 Å². The summed E-state index contributed by atoms with van der Waals surface area (Å²) >= 11 is 0. The highest BCUT2D eigenvalue weighted by molar-refractivity contribution is 6.02. The number of fused-ring (bicyclic) bond motifs is 1. The molecular formula is C26H25N3O7. The number of carbonyl (C=O) groups is 3. The Hall–Kier alpha value is -4.34. The van der Waals surface area contributed by atoms with E-state index < -0.39 is 0 Å². The van der Waals surface area contributed by atoms with E-state index in [1.165, 1.54) is 11.2 Å². The lowest BCUT2D eigenvalue weighted by Crippen LogP contribution is -2.38. The molecule has 0 unspecified atom stereocenters. The average molecular weight is 492 g/mol. The summed E-state index contributed by atoms with van der Waals surface area (Å²) in [5, 5.41) is 0. The molecule has 0 aliphatic carbocycles. The van der Waals surface area contributed by atoms with Crippen LogP contribution in [0.25, 0.3) is 0 Å². The summed E-state index contributed by atoms with van der Waals surface area (Å²) in [7, 11) is 1.57. The molecule has 0 N–H and O–H groups in total. The fourth-order valence-electron chi connectivity index (χ4n) is 4.15. The first-order chi connectivity index (χ1) is 17.5. The minimum atomic E-state index is -0.313. The van der Waals surface area contributed by atoms with Gasteiger partial charge in [0.2, 0.25) is 5.89 Å². The second-order valence-corrected chi connectivity index (χ2v) is 8.46. The number of aromatic nitrogens is 1. The predicted octanol–water partition coefficient (Wildman–Crippen LogP) is 3.11. The maximum atomic E-state index is 12.8. The maximum Gasteiger partial charge on any atom is 0.275 e. The van der Waals surface area contributed by atoms with Gasteiger partial charge in [0, 0.05) is 18.7 Å². The highest BCUT2D eigenvalue weighted by atomic mass is 16.5. The number of methoxy groups -OCH3 is 1. The fourth-order valence-corrected chi connectivity index (χ4v) is 4.15. The molecule has 2 amide bonds. The molecule has 3 aromatic rings. The number of rotatable bonds is 8. The van der Waals surface area contributed by atoms with Gasteiger partial charge in [0.1, 0.15) is 30.1 Å². The van der Waals surface area contributed by atoms with Crippen molar-refractivity contribution in [1.29, 1.82) is 0 Å². The summed E-state index contributed by atoms with van der Waals surface area (Å²) in [4.78, 5) is 45.6. The minimum absolute atomic E-state index is 0.00245. The molecular weight excluding hydrogens is 466 g/mol. The quantitative estimate of drug-likeness (QED) is 0.442. The molecule has 2 aromatic carbocycles. The lowest BCUT2D eigenvalue weighted by molar-refractivity contribution is -0.121. The molecule has 0 saturated carbocycles. The first-order valence-electron chi connectivity index (χ1n) is 11.6. The van der Waals surface area contributed by atoms with Crippen LogP contribution in [0.2, 0.25) is 0 Å². The van der Waals surface area contributed by atoms with Crippen molar-refractivity contribution in [3.8, 4) is 17.2 Å². The van der Waals surface area contributed by atoms with Crippen molar-refractivity contribution in [2.75, 3.05) is 38.3 Å². The number of oxazole rings is 1. The molecule has 2 aliphatic heterocycles. The number of ketones is 1. The monoisotopic (exact) mass is 491 g/mol. The van der Waals surface area contributed by atoms with Crippen molar-refractivity contribution in [2.24, 2.45) is 0 Å². The van der Waals surface area contributed by atoms with Crippen molar-refractivity contribution >= 4 is 23.3 Å². The van der Waals surface area contributed by atoms with Gasteiger partial charge in [-0.2, -0.15) is 0 Å². The Morgan fingerprint density at radius 1 is 1.06 bits per heavy atom. The third-order valence-corrected chi connectivity index (χ3v) is 6.11. The number of anilines is 1. The molecule has 0 spiro atoms. The van der Waals surface area contributed by atoms with Crippen LogP contribution in [0.1, 0.15) is 39.6 Å². The van der Waals surface area contributed by atoms with E-state index in [-0.39, 0.29) is 48.9 Å². The Labute approximate surface area is 207 Å². The van der Waals surface area contributed by atoms with Gasteiger partial charge in [0.05, 0.1) is 12.8 Å². The van der Waals surface area contributed by atoms with Gasteiger partial charge >= 0.3 is 0 Å². The van der Waals surface area contributed by atoms with E-state index >= 15 is 0 Å². The van der Waals surface area contributed by atoms with Crippen LogP contribution < -0.4 is 19.1 Å². The Kier molecular flexibility index (Phi) is 6.57. The number of ether oxygens (including phenoxy) is 3. The zero-order valence-electron chi connectivity index (χ0n) is 19.8. The number of nitrogens with zero attached hydrogens (tertiary/aromatic N) is 3. The van der Waals surface area contributed by atoms with Gasteiger partial charge in [-0.1, -0.05) is 0 Å². The minimum Gasteiger partial charge on any atom is -0.497 e. The van der Waals surface area contributed by atoms with E-state index in [0.717, 1.165) is 12.8 Å². The van der Waals surface area contributed by atoms with E-state index in [0.29, 0.717) is 41.6 Å². The summed E-state index contributed by atoms with van der Waals surface area (Å²) in [6.45, 7) is 1.08. The van der Waals surface area contributed by atoms with Crippen molar-refractivity contribution < 1.29 is 33.0 Å². The van der Waals surface area contributed by atoms with E-state index in [4.69, 9.17) is 18.6 Å². The summed E-state index contributed by atoms with van der Waals surface area (Å²) in [6, 6.07) is 11.8. The Morgan fingerprint density at radius 3 is 2.56 bits per heavy atom. The number of hydrogen-bond donors (Lipinski definition) is 0. The Balaban J connectivity index is 1.30. The molecule has 10 heteroatoms. The molecule has 1 aromatic heterocycles. The average Bonchev–Trinajstić information content (AvgIpc) is 3.61. The summed E-state index contributed by atoms with van der Waals surface area (Å²) in [5.74, 6) is 1.15. The first kappa shape index (κ1) is 23.4. The largest absolute Gasteiger partial charge is 0.497 e. The summed E-state index contributed by atoms with van der Waals surface area (Å²) < 4.78 is 21.8. The number of benzene rings is 2. The van der Waals surface area contributed by atoms with Crippen LogP contribution in [0.5, 0.6) is 17.2 Å². The molecule has 0 atom stereocenters. The van der Waals surface area contributed by atoms with E-state index in [1.807, 2.05) is 0 Å². The Bertz CT molecular complexity index is 1280.